The highest BCUT2D eigenvalue weighted by Gasteiger charge is 2.26. The van der Waals surface area contributed by atoms with Gasteiger partial charge in [0, 0.05) is 24.2 Å². The van der Waals surface area contributed by atoms with E-state index in [2.05, 4.69) is 15.6 Å². The Kier molecular flexibility index (Phi) is 4.76. The third kappa shape index (κ3) is 3.83. The average molecular weight is 343 g/mol. The molecule has 1 atom stereocenters. The first-order chi connectivity index (χ1) is 12.0. The number of aromatic nitrogens is 1. The number of pyridine rings is 1. The smallest absolute Gasteiger partial charge is 0.269 e. The van der Waals surface area contributed by atoms with Crippen molar-refractivity contribution in [2.24, 2.45) is 0 Å². The molecule has 1 aromatic carbocycles. The van der Waals surface area contributed by atoms with Crippen molar-refractivity contribution in [3.63, 3.8) is 0 Å². The monoisotopic (exact) mass is 343 g/mol. The molecule has 1 fully saturated rings. The Morgan fingerprint density at radius 3 is 2.60 bits per heavy atom. The van der Waals surface area contributed by atoms with Gasteiger partial charge in [-0.1, -0.05) is 18.2 Å². The van der Waals surface area contributed by atoms with Crippen LogP contribution in [0, 0.1) is 5.82 Å². The number of hydrogen-bond acceptors (Lipinski definition) is 4. The number of carbonyl (C=O) groups is 2. The molecule has 1 unspecified atom stereocenters. The number of carbonyl (C=O) groups excluding carboxylic acids is 2. The van der Waals surface area contributed by atoms with Crippen molar-refractivity contribution >= 4 is 11.8 Å². The van der Waals surface area contributed by atoms with Gasteiger partial charge in [-0.2, -0.15) is 0 Å². The van der Waals surface area contributed by atoms with E-state index in [4.69, 9.17) is 0 Å². The van der Waals surface area contributed by atoms with E-state index in [0.717, 1.165) is 12.8 Å². The van der Waals surface area contributed by atoms with E-state index in [1.165, 1.54) is 37.4 Å². The van der Waals surface area contributed by atoms with E-state index in [-0.39, 0.29) is 34.5 Å². The number of benzene rings is 1. The van der Waals surface area contributed by atoms with E-state index in [9.17, 15) is 19.1 Å². The van der Waals surface area contributed by atoms with Gasteiger partial charge in [0.15, 0.2) is 0 Å². The number of nitrogens with one attached hydrogen (secondary N) is 2. The van der Waals surface area contributed by atoms with Crippen molar-refractivity contribution in [1.29, 1.82) is 0 Å². The quantitative estimate of drug-likeness (QED) is 0.768. The fraction of sp³-hybridized carbons (Fsp3) is 0.278. The average Bonchev–Trinajstić information content (AvgIpc) is 3.44. The molecule has 1 saturated carbocycles. The predicted molar refractivity (Wildman–Crippen MR) is 88.6 cm³/mol. The third-order valence-corrected chi connectivity index (χ3v) is 3.96. The van der Waals surface area contributed by atoms with Gasteiger partial charge in [-0.25, -0.2) is 9.37 Å². The zero-order valence-corrected chi connectivity index (χ0v) is 13.6. The van der Waals surface area contributed by atoms with Gasteiger partial charge >= 0.3 is 0 Å². The predicted octanol–water partition coefficient (Wildman–Crippen LogP) is 1.55. The Labute approximate surface area is 144 Å². The van der Waals surface area contributed by atoms with Gasteiger partial charge in [-0.15, -0.1) is 0 Å². The van der Waals surface area contributed by atoms with Gasteiger partial charge < -0.3 is 15.7 Å². The van der Waals surface area contributed by atoms with Crippen LogP contribution in [0.15, 0.2) is 36.4 Å². The second kappa shape index (κ2) is 6.98. The van der Waals surface area contributed by atoms with Crippen molar-refractivity contribution in [3.05, 3.63) is 64.7 Å². The van der Waals surface area contributed by atoms with E-state index in [1.807, 2.05) is 0 Å². The molecular formula is C18H18FN3O3. The molecule has 7 heteroatoms. The summed E-state index contributed by atoms with van der Waals surface area (Å²) in [6.45, 7) is 0. The Hall–Kier alpha value is -2.80. The van der Waals surface area contributed by atoms with Crippen molar-refractivity contribution in [2.75, 3.05) is 7.05 Å². The molecule has 1 aromatic heterocycles. The molecule has 2 amide bonds. The summed E-state index contributed by atoms with van der Waals surface area (Å²) >= 11 is 0. The second-order valence-corrected chi connectivity index (χ2v) is 5.92. The topological polar surface area (TPSA) is 91.3 Å². The first-order valence-electron chi connectivity index (χ1n) is 7.97. The highest BCUT2D eigenvalue weighted by molar-refractivity contribution is 5.98. The molecule has 0 spiro atoms. The van der Waals surface area contributed by atoms with Gasteiger partial charge in [-0.3, -0.25) is 9.59 Å². The number of hydrogen-bond donors (Lipinski definition) is 3. The molecule has 1 aliphatic rings. The van der Waals surface area contributed by atoms with Crippen LogP contribution in [0.3, 0.4) is 0 Å². The Morgan fingerprint density at radius 2 is 1.96 bits per heavy atom. The highest BCUT2D eigenvalue weighted by atomic mass is 19.1. The lowest BCUT2D eigenvalue weighted by atomic mass is 10.0. The fourth-order valence-electron chi connectivity index (χ4n) is 2.42. The summed E-state index contributed by atoms with van der Waals surface area (Å²) in [7, 11) is 1.44. The van der Waals surface area contributed by atoms with Crippen LogP contribution in [0.5, 0.6) is 0 Å². The lowest BCUT2D eigenvalue weighted by molar-refractivity contribution is 0.0950. The lowest BCUT2D eigenvalue weighted by Crippen LogP contribution is -2.27. The molecule has 0 bridgehead atoms. The number of nitrogens with zero attached hydrogens (tertiary/aromatic N) is 1. The zero-order valence-electron chi connectivity index (χ0n) is 13.6. The Bertz CT molecular complexity index is 821. The van der Waals surface area contributed by atoms with Crippen LogP contribution in [-0.4, -0.2) is 35.0 Å². The van der Waals surface area contributed by atoms with Gasteiger partial charge in [0.25, 0.3) is 11.8 Å². The Morgan fingerprint density at radius 1 is 1.24 bits per heavy atom. The van der Waals surface area contributed by atoms with Crippen molar-refractivity contribution in [2.45, 2.75) is 25.0 Å². The summed E-state index contributed by atoms with van der Waals surface area (Å²) in [6, 6.07) is 8.62. The van der Waals surface area contributed by atoms with Crippen molar-refractivity contribution in [1.82, 2.24) is 15.6 Å². The lowest BCUT2D eigenvalue weighted by Gasteiger charge is -2.14. The van der Waals surface area contributed by atoms with Gasteiger partial charge in [0.05, 0.1) is 5.69 Å². The van der Waals surface area contributed by atoms with Gasteiger partial charge in [0.1, 0.15) is 17.6 Å². The van der Waals surface area contributed by atoms with E-state index in [1.54, 1.807) is 6.07 Å². The molecule has 6 nitrogen and oxygen atoms in total. The zero-order chi connectivity index (χ0) is 18.0. The molecule has 0 saturated heterocycles. The van der Waals surface area contributed by atoms with Crippen LogP contribution in [0.1, 0.15) is 51.0 Å². The minimum Gasteiger partial charge on any atom is -0.382 e. The molecule has 0 aliphatic heterocycles. The summed E-state index contributed by atoms with van der Waals surface area (Å²) in [5, 5.41) is 15.7. The Balaban J connectivity index is 2.00. The number of rotatable bonds is 5. The van der Waals surface area contributed by atoms with Crippen LogP contribution >= 0.6 is 0 Å². The summed E-state index contributed by atoms with van der Waals surface area (Å²) in [4.78, 5) is 28.3. The van der Waals surface area contributed by atoms with E-state index in [0.29, 0.717) is 0 Å². The maximum Gasteiger partial charge on any atom is 0.269 e. The second-order valence-electron chi connectivity index (χ2n) is 5.92. The minimum absolute atomic E-state index is 0.0173. The highest BCUT2D eigenvalue weighted by Crippen LogP contribution is 2.25. The van der Waals surface area contributed by atoms with Crippen LogP contribution in [0.4, 0.5) is 4.39 Å². The molecule has 2 aromatic rings. The van der Waals surface area contributed by atoms with E-state index < -0.39 is 17.8 Å². The molecular weight excluding hydrogens is 325 g/mol. The van der Waals surface area contributed by atoms with Crippen LogP contribution in [0.25, 0.3) is 0 Å². The summed E-state index contributed by atoms with van der Waals surface area (Å²) in [5.41, 5.74) is 0.243. The number of halogens is 1. The molecule has 0 radical (unpaired) electrons. The summed E-state index contributed by atoms with van der Waals surface area (Å²) in [5.74, 6) is -1.44. The van der Waals surface area contributed by atoms with Gasteiger partial charge in [0.2, 0.25) is 0 Å². The number of aliphatic hydroxyl groups is 1. The summed E-state index contributed by atoms with van der Waals surface area (Å²) < 4.78 is 13.9. The molecule has 1 heterocycles. The molecule has 3 N–H and O–H groups in total. The van der Waals surface area contributed by atoms with Crippen molar-refractivity contribution < 1.29 is 19.1 Å². The maximum absolute atomic E-state index is 13.9. The fourth-order valence-corrected chi connectivity index (χ4v) is 2.42. The van der Waals surface area contributed by atoms with Crippen LogP contribution in [0.2, 0.25) is 0 Å². The first kappa shape index (κ1) is 17.0. The van der Waals surface area contributed by atoms with Crippen LogP contribution < -0.4 is 10.6 Å². The third-order valence-electron chi connectivity index (χ3n) is 3.96. The van der Waals surface area contributed by atoms with Crippen LogP contribution in [-0.2, 0) is 0 Å². The molecule has 130 valence electrons. The normalized spacial score (nSPS) is 14.7. The number of aliphatic hydroxyl groups excluding tert-OH is 1. The standard InChI is InChI=1S/C18H18FN3O3/c1-20-18(25)15-9-10(17(24)21-11-6-7-11)8-14(22-15)16(23)12-4-2-3-5-13(12)19/h2-5,8-9,11,16,23H,6-7H2,1H3,(H,20,25)(H,21,24). The first-order valence-corrected chi connectivity index (χ1v) is 7.97. The van der Waals surface area contributed by atoms with Gasteiger partial charge in [-0.05, 0) is 31.0 Å². The number of amides is 2. The largest absolute Gasteiger partial charge is 0.382 e. The maximum atomic E-state index is 13.9. The minimum atomic E-state index is -1.39. The molecule has 25 heavy (non-hydrogen) atoms. The SMILES string of the molecule is CNC(=O)c1cc(C(=O)NC2CC2)cc(C(O)c2ccccc2F)n1. The molecule has 1 aliphatic carbocycles. The summed E-state index contributed by atoms with van der Waals surface area (Å²) in [6.07, 6.45) is 0.450. The van der Waals surface area contributed by atoms with E-state index >= 15 is 0 Å². The molecule has 3 rings (SSSR count). The van der Waals surface area contributed by atoms with Crippen molar-refractivity contribution in [3.8, 4) is 0 Å².